The molecule has 0 saturated heterocycles. The number of rotatable bonds is 4. The van der Waals surface area contributed by atoms with E-state index in [0.29, 0.717) is 22.2 Å². The van der Waals surface area contributed by atoms with Gasteiger partial charge in [-0.05, 0) is 6.07 Å². The van der Waals surface area contributed by atoms with Crippen LogP contribution in [0.5, 0.6) is 0 Å². The molecule has 0 unspecified atom stereocenters. The standard InChI is InChI=1S/C20H15N3O4/c1-23-19(24)16-10-6-5-9-15(16)18(21-23)20(25)26-12-14-11-17(22-27-14)13-7-3-2-4-8-13/h2-11H,12H2,1H3. The Balaban J connectivity index is 1.56. The van der Waals surface area contributed by atoms with Crippen LogP contribution >= 0.6 is 0 Å². The minimum atomic E-state index is -0.639. The van der Waals surface area contributed by atoms with Gasteiger partial charge < -0.3 is 9.26 Å². The number of fused-ring (bicyclic) bond motifs is 1. The quantitative estimate of drug-likeness (QED) is 0.519. The molecule has 27 heavy (non-hydrogen) atoms. The van der Waals surface area contributed by atoms with Crippen LogP contribution in [0, 0.1) is 0 Å². The third-order valence-corrected chi connectivity index (χ3v) is 4.12. The average molecular weight is 361 g/mol. The molecule has 0 atom stereocenters. The van der Waals surface area contributed by atoms with Gasteiger partial charge in [-0.2, -0.15) is 5.10 Å². The summed E-state index contributed by atoms with van der Waals surface area (Å²) in [7, 11) is 1.49. The van der Waals surface area contributed by atoms with Crippen molar-refractivity contribution in [2.24, 2.45) is 7.05 Å². The average Bonchev–Trinajstić information content (AvgIpc) is 3.19. The van der Waals surface area contributed by atoms with E-state index in [2.05, 4.69) is 10.3 Å². The maximum absolute atomic E-state index is 12.5. The Morgan fingerprint density at radius 3 is 2.56 bits per heavy atom. The zero-order valence-corrected chi connectivity index (χ0v) is 14.5. The van der Waals surface area contributed by atoms with Crippen LogP contribution in [-0.4, -0.2) is 20.9 Å². The normalized spacial score (nSPS) is 10.9. The highest BCUT2D eigenvalue weighted by Gasteiger charge is 2.18. The van der Waals surface area contributed by atoms with E-state index in [1.807, 2.05) is 30.3 Å². The van der Waals surface area contributed by atoms with Crippen molar-refractivity contribution in [2.75, 3.05) is 0 Å². The molecule has 0 saturated carbocycles. The lowest BCUT2D eigenvalue weighted by Crippen LogP contribution is -2.23. The maximum Gasteiger partial charge on any atom is 0.359 e. The fraction of sp³-hybridized carbons (Fsp3) is 0.100. The van der Waals surface area contributed by atoms with Crippen molar-refractivity contribution in [2.45, 2.75) is 6.61 Å². The van der Waals surface area contributed by atoms with Crippen molar-refractivity contribution in [3.63, 3.8) is 0 Å². The van der Waals surface area contributed by atoms with Crippen molar-refractivity contribution < 1.29 is 14.1 Å². The van der Waals surface area contributed by atoms with Crippen LogP contribution in [-0.2, 0) is 18.4 Å². The van der Waals surface area contributed by atoms with Gasteiger partial charge in [-0.25, -0.2) is 9.48 Å². The Labute approximate surface area is 153 Å². The van der Waals surface area contributed by atoms with Crippen LogP contribution in [0.4, 0.5) is 0 Å². The van der Waals surface area contributed by atoms with Gasteiger partial charge in [-0.15, -0.1) is 0 Å². The van der Waals surface area contributed by atoms with Gasteiger partial charge in [-0.3, -0.25) is 4.79 Å². The first-order chi connectivity index (χ1) is 13.1. The number of ether oxygens (including phenoxy) is 1. The van der Waals surface area contributed by atoms with Crippen molar-refractivity contribution in [3.8, 4) is 11.3 Å². The van der Waals surface area contributed by atoms with Crippen LogP contribution in [0.25, 0.3) is 22.0 Å². The lowest BCUT2D eigenvalue weighted by molar-refractivity contribution is 0.0430. The van der Waals surface area contributed by atoms with Crippen molar-refractivity contribution >= 4 is 16.7 Å². The predicted octanol–water partition coefficient (Wildman–Crippen LogP) is 2.95. The molecule has 2 heterocycles. The second-order valence-corrected chi connectivity index (χ2v) is 5.94. The first-order valence-electron chi connectivity index (χ1n) is 8.27. The predicted molar refractivity (Wildman–Crippen MR) is 98.0 cm³/mol. The molecule has 134 valence electrons. The Morgan fingerprint density at radius 1 is 1.07 bits per heavy atom. The SMILES string of the molecule is Cn1nc(C(=O)OCc2cc(-c3ccccc3)no2)c2ccccc2c1=O. The molecule has 7 heteroatoms. The monoisotopic (exact) mass is 361 g/mol. The summed E-state index contributed by atoms with van der Waals surface area (Å²) in [4.78, 5) is 24.7. The number of esters is 1. The van der Waals surface area contributed by atoms with E-state index >= 15 is 0 Å². The molecule has 0 bridgehead atoms. The van der Waals surface area contributed by atoms with Crippen LogP contribution in [0.1, 0.15) is 16.2 Å². The van der Waals surface area contributed by atoms with E-state index in [1.165, 1.54) is 7.05 Å². The number of aryl methyl sites for hydroxylation is 1. The van der Waals surface area contributed by atoms with Crippen molar-refractivity contribution in [1.29, 1.82) is 0 Å². The third-order valence-electron chi connectivity index (χ3n) is 4.12. The summed E-state index contributed by atoms with van der Waals surface area (Å²) in [6.07, 6.45) is 0. The highest BCUT2D eigenvalue weighted by Crippen LogP contribution is 2.20. The number of carbonyl (C=O) groups is 1. The molecule has 0 aliphatic heterocycles. The smallest absolute Gasteiger partial charge is 0.359 e. The second kappa shape index (κ2) is 6.87. The van der Waals surface area contributed by atoms with E-state index in [1.54, 1.807) is 30.3 Å². The van der Waals surface area contributed by atoms with E-state index in [0.717, 1.165) is 10.2 Å². The zero-order chi connectivity index (χ0) is 18.8. The van der Waals surface area contributed by atoms with Crippen LogP contribution in [0.2, 0.25) is 0 Å². The Hall–Kier alpha value is -3.74. The van der Waals surface area contributed by atoms with Gasteiger partial charge in [0.25, 0.3) is 5.56 Å². The molecule has 2 aromatic heterocycles. The molecule has 0 radical (unpaired) electrons. The molecular weight excluding hydrogens is 346 g/mol. The number of nitrogens with zero attached hydrogens (tertiary/aromatic N) is 3. The highest BCUT2D eigenvalue weighted by atomic mass is 16.5. The molecule has 0 amide bonds. The number of hydrogen-bond donors (Lipinski definition) is 0. The van der Waals surface area contributed by atoms with Crippen molar-refractivity contribution in [1.82, 2.24) is 14.9 Å². The molecular formula is C20H15N3O4. The van der Waals surface area contributed by atoms with Gasteiger partial charge in [0, 0.05) is 24.1 Å². The Morgan fingerprint density at radius 2 is 1.78 bits per heavy atom. The lowest BCUT2D eigenvalue weighted by atomic mass is 10.1. The topological polar surface area (TPSA) is 87.2 Å². The molecule has 0 spiro atoms. The van der Waals surface area contributed by atoms with Crippen LogP contribution in [0.3, 0.4) is 0 Å². The highest BCUT2D eigenvalue weighted by molar-refractivity contribution is 6.02. The van der Waals surface area contributed by atoms with E-state index < -0.39 is 5.97 Å². The molecule has 0 N–H and O–H groups in total. The molecule has 0 aliphatic rings. The zero-order valence-electron chi connectivity index (χ0n) is 14.5. The molecule has 0 aliphatic carbocycles. The summed E-state index contributed by atoms with van der Waals surface area (Å²) in [5, 5.41) is 8.90. The molecule has 2 aromatic carbocycles. The van der Waals surface area contributed by atoms with Crippen molar-refractivity contribution in [3.05, 3.63) is 82.5 Å². The first kappa shape index (κ1) is 16.7. The molecule has 4 aromatic rings. The van der Waals surface area contributed by atoms with Gasteiger partial charge in [0.15, 0.2) is 18.1 Å². The van der Waals surface area contributed by atoms with E-state index in [9.17, 15) is 9.59 Å². The minimum absolute atomic E-state index is 0.0792. The third kappa shape index (κ3) is 3.22. The number of hydrogen-bond acceptors (Lipinski definition) is 6. The summed E-state index contributed by atoms with van der Waals surface area (Å²) in [6, 6.07) is 18.1. The first-order valence-corrected chi connectivity index (χ1v) is 8.27. The molecule has 7 nitrogen and oxygen atoms in total. The summed E-state index contributed by atoms with van der Waals surface area (Å²) >= 11 is 0. The lowest BCUT2D eigenvalue weighted by Gasteiger charge is -2.07. The van der Waals surface area contributed by atoms with Gasteiger partial charge in [0.1, 0.15) is 5.69 Å². The van der Waals surface area contributed by atoms with Crippen LogP contribution < -0.4 is 5.56 Å². The summed E-state index contributed by atoms with van der Waals surface area (Å²) < 4.78 is 11.7. The number of aromatic nitrogens is 3. The minimum Gasteiger partial charge on any atom is -0.453 e. The number of carbonyl (C=O) groups excluding carboxylic acids is 1. The fourth-order valence-corrected chi connectivity index (χ4v) is 2.78. The maximum atomic E-state index is 12.5. The number of benzene rings is 2. The second-order valence-electron chi connectivity index (χ2n) is 5.94. The summed E-state index contributed by atoms with van der Waals surface area (Å²) in [5.74, 6) is -0.226. The molecule has 0 fully saturated rings. The van der Waals surface area contributed by atoms with Gasteiger partial charge in [0.2, 0.25) is 0 Å². The van der Waals surface area contributed by atoms with Gasteiger partial charge in [-0.1, -0.05) is 53.7 Å². The molecule has 4 rings (SSSR count). The van der Waals surface area contributed by atoms with E-state index in [4.69, 9.17) is 9.26 Å². The van der Waals surface area contributed by atoms with E-state index in [-0.39, 0.29) is 17.9 Å². The van der Waals surface area contributed by atoms with Gasteiger partial charge >= 0.3 is 5.97 Å². The Bertz CT molecular complexity index is 1180. The van der Waals surface area contributed by atoms with Crippen LogP contribution in [0.15, 0.2) is 70.0 Å². The Kier molecular flexibility index (Phi) is 4.25. The largest absolute Gasteiger partial charge is 0.453 e. The summed E-state index contributed by atoms with van der Waals surface area (Å²) in [5.41, 5.74) is 1.37. The fourth-order valence-electron chi connectivity index (χ4n) is 2.78. The van der Waals surface area contributed by atoms with Gasteiger partial charge in [0.05, 0.1) is 5.39 Å². The summed E-state index contributed by atoms with van der Waals surface area (Å²) in [6.45, 7) is -0.0858.